The lowest BCUT2D eigenvalue weighted by Gasteiger charge is -2.04. The normalized spacial score (nSPS) is 10.5. The van der Waals surface area contributed by atoms with Crippen LogP contribution in [0.4, 0.5) is 0 Å². The molecule has 0 saturated heterocycles. The second kappa shape index (κ2) is 5.40. The average molecular weight is 234 g/mol. The van der Waals surface area contributed by atoms with E-state index in [1.54, 1.807) is 11.8 Å². The number of hydrogen-bond donors (Lipinski definition) is 1. The predicted octanol–water partition coefficient (Wildman–Crippen LogP) is 0.265. The maximum Gasteiger partial charge on any atom is 0.155 e. The van der Waals surface area contributed by atoms with Gasteiger partial charge in [-0.2, -0.15) is 0 Å². The molecule has 1 heterocycles. The fraction of sp³-hybridized carbons (Fsp3) is 0.364. The van der Waals surface area contributed by atoms with Crippen molar-refractivity contribution in [1.82, 2.24) is 20.2 Å². The molecule has 0 amide bonds. The van der Waals surface area contributed by atoms with Crippen LogP contribution in [-0.4, -0.2) is 39.0 Å². The molecule has 1 N–H and O–H groups in total. The molecular formula is C11H14N4O2. The third kappa shape index (κ3) is 2.79. The Hall–Kier alpha value is -1.95. The van der Waals surface area contributed by atoms with E-state index in [-0.39, 0.29) is 6.61 Å². The van der Waals surface area contributed by atoms with Gasteiger partial charge in [0.15, 0.2) is 5.82 Å². The molecule has 0 bridgehead atoms. The summed E-state index contributed by atoms with van der Waals surface area (Å²) in [7, 11) is 1.64. The van der Waals surface area contributed by atoms with Crippen molar-refractivity contribution in [3.05, 3.63) is 35.7 Å². The van der Waals surface area contributed by atoms with E-state index in [1.165, 1.54) is 0 Å². The first kappa shape index (κ1) is 11.5. The highest BCUT2D eigenvalue weighted by atomic mass is 16.5. The van der Waals surface area contributed by atoms with Gasteiger partial charge in [0.05, 0.1) is 20.3 Å². The van der Waals surface area contributed by atoms with Crippen LogP contribution in [0.3, 0.4) is 0 Å². The van der Waals surface area contributed by atoms with E-state index >= 15 is 0 Å². The van der Waals surface area contributed by atoms with Crippen molar-refractivity contribution >= 4 is 0 Å². The number of methoxy groups -OCH3 is 1. The van der Waals surface area contributed by atoms with Gasteiger partial charge in [0.2, 0.25) is 0 Å². The van der Waals surface area contributed by atoms with E-state index < -0.39 is 0 Å². The summed E-state index contributed by atoms with van der Waals surface area (Å²) in [6.07, 6.45) is 0.636. The SMILES string of the molecule is COc1ccc(Cc2nnnn2CCO)cc1. The number of aliphatic hydroxyl groups is 1. The van der Waals surface area contributed by atoms with Gasteiger partial charge >= 0.3 is 0 Å². The van der Waals surface area contributed by atoms with Gasteiger partial charge in [-0.25, -0.2) is 4.68 Å². The first-order chi connectivity index (χ1) is 8.33. The van der Waals surface area contributed by atoms with E-state index in [2.05, 4.69) is 15.5 Å². The van der Waals surface area contributed by atoms with E-state index in [0.29, 0.717) is 13.0 Å². The first-order valence-corrected chi connectivity index (χ1v) is 5.32. The van der Waals surface area contributed by atoms with Gasteiger partial charge in [0.25, 0.3) is 0 Å². The Kier molecular flexibility index (Phi) is 3.66. The lowest BCUT2D eigenvalue weighted by molar-refractivity contribution is 0.266. The van der Waals surface area contributed by atoms with Crippen molar-refractivity contribution in [2.75, 3.05) is 13.7 Å². The number of nitrogens with zero attached hydrogens (tertiary/aromatic N) is 4. The van der Waals surface area contributed by atoms with Crippen LogP contribution >= 0.6 is 0 Å². The minimum atomic E-state index is 0.0284. The van der Waals surface area contributed by atoms with E-state index in [1.807, 2.05) is 24.3 Å². The Labute approximate surface area is 98.8 Å². The third-order valence-corrected chi connectivity index (χ3v) is 2.44. The van der Waals surface area contributed by atoms with Crippen molar-refractivity contribution in [2.24, 2.45) is 0 Å². The van der Waals surface area contributed by atoms with Crippen LogP contribution < -0.4 is 4.74 Å². The van der Waals surface area contributed by atoms with Crippen LogP contribution in [0.1, 0.15) is 11.4 Å². The Morgan fingerprint density at radius 3 is 2.71 bits per heavy atom. The van der Waals surface area contributed by atoms with Crippen LogP contribution in [0.5, 0.6) is 5.75 Å². The standard InChI is InChI=1S/C11H14N4O2/c1-17-10-4-2-9(3-5-10)8-11-12-13-14-15(11)6-7-16/h2-5,16H,6-8H2,1H3. The summed E-state index contributed by atoms with van der Waals surface area (Å²) in [5.74, 6) is 1.56. The molecule has 0 atom stereocenters. The fourth-order valence-electron chi connectivity index (χ4n) is 1.54. The molecule has 0 fully saturated rings. The Morgan fingerprint density at radius 2 is 2.06 bits per heavy atom. The lowest BCUT2D eigenvalue weighted by atomic mass is 10.1. The zero-order valence-electron chi connectivity index (χ0n) is 9.58. The van der Waals surface area contributed by atoms with Crippen LogP contribution in [0.15, 0.2) is 24.3 Å². The summed E-state index contributed by atoms with van der Waals surface area (Å²) in [5.41, 5.74) is 1.10. The van der Waals surface area contributed by atoms with Gasteiger partial charge in [-0.3, -0.25) is 0 Å². The maximum absolute atomic E-state index is 8.86. The lowest BCUT2D eigenvalue weighted by Crippen LogP contribution is -2.09. The highest BCUT2D eigenvalue weighted by Gasteiger charge is 2.06. The summed E-state index contributed by atoms with van der Waals surface area (Å²) in [6.45, 7) is 0.444. The molecule has 0 aliphatic heterocycles. The summed E-state index contributed by atoms with van der Waals surface area (Å²) in [5, 5.41) is 20.2. The van der Waals surface area contributed by atoms with Crippen LogP contribution in [-0.2, 0) is 13.0 Å². The van der Waals surface area contributed by atoms with Crippen LogP contribution in [0.2, 0.25) is 0 Å². The summed E-state index contributed by atoms with van der Waals surface area (Å²) in [4.78, 5) is 0. The second-order valence-corrected chi connectivity index (χ2v) is 3.57. The summed E-state index contributed by atoms with van der Waals surface area (Å²) >= 11 is 0. The number of hydrogen-bond acceptors (Lipinski definition) is 5. The topological polar surface area (TPSA) is 73.1 Å². The van der Waals surface area contributed by atoms with Gasteiger partial charge in [-0.15, -0.1) is 5.10 Å². The molecule has 1 aromatic heterocycles. The van der Waals surface area contributed by atoms with Crippen molar-refractivity contribution in [1.29, 1.82) is 0 Å². The van der Waals surface area contributed by atoms with Gasteiger partial charge in [0, 0.05) is 6.42 Å². The van der Waals surface area contributed by atoms with Gasteiger partial charge in [0.1, 0.15) is 5.75 Å². The van der Waals surface area contributed by atoms with Crippen molar-refractivity contribution in [3.63, 3.8) is 0 Å². The van der Waals surface area contributed by atoms with Gasteiger partial charge in [-0.1, -0.05) is 12.1 Å². The minimum absolute atomic E-state index is 0.0284. The van der Waals surface area contributed by atoms with Crippen molar-refractivity contribution in [3.8, 4) is 5.75 Å². The monoisotopic (exact) mass is 234 g/mol. The average Bonchev–Trinajstić information content (AvgIpc) is 2.78. The zero-order valence-corrected chi connectivity index (χ0v) is 9.58. The maximum atomic E-state index is 8.86. The minimum Gasteiger partial charge on any atom is -0.497 e. The smallest absolute Gasteiger partial charge is 0.155 e. The summed E-state index contributed by atoms with van der Waals surface area (Å²) in [6, 6.07) is 7.73. The van der Waals surface area contributed by atoms with Crippen molar-refractivity contribution in [2.45, 2.75) is 13.0 Å². The van der Waals surface area contributed by atoms with E-state index in [0.717, 1.165) is 17.1 Å². The quantitative estimate of drug-likeness (QED) is 0.803. The fourth-order valence-corrected chi connectivity index (χ4v) is 1.54. The molecule has 90 valence electrons. The van der Waals surface area contributed by atoms with E-state index in [4.69, 9.17) is 9.84 Å². The largest absolute Gasteiger partial charge is 0.497 e. The first-order valence-electron chi connectivity index (χ1n) is 5.32. The molecule has 6 heteroatoms. The number of benzene rings is 1. The molecule has 0 aliphatic rings. The molecule has 0 spiro atoms. The molecule has 0 unspecified atom stereocenters. The number of rotatable bonds is 5. The molecule has 0 aliphatic carbocycles. The number of ether oxygens (including phenoxy) is 1. The Morgan fingerprint density at radius 1 is 1.29 bits per heavy atom. The molecular weight excluding hydrogens is 220 g/mol. The Balaban J connectivity index is 2.10. The highest BCUT2D eigenvalue weighted by molar-refractivity contribution is 5.28. The second-order valence-electron chi connectivity index (χ2n) is 3.57. The summed E-state index contributed by atoms with van der Waals surface area (Å²) < 4.78 is 6.69. The molecule has 2 aromatic rings. The van der Waals surface area contributed by atoms with E-state index in [9.17, 15) is 0 Å². The molecule has 2 rings (SSSR count). The predicted molar refractivity (Wildman–Crippen MR) is 60.7 cm³/mol. The number of tetrazole rings is 1. The van der Waals surface area contributed by atoms with Gasteiger partial charge in [-0.05, 0) is 28.1 Å². The molecule has 17 heavy (non-hydrogen) atoms. The third-order valence-electron chi connectivity index (χ3n) is 2.44. The molecule has 1 aromatic carbocycles. The molecule has 0 saturated carbocycles. The van der Waals surface area contributed by atoms with Crippen LogP contribution in [0, 0.1) is 0 Å². The number of aromatic nitrogens is 4. The highest BCUT2D eigenvalue weighted by Crippen LogP contribution is 2.13. The Bertz CT molecular complexity index is 467. The zero-order chi connectivity index (χ0) is 12.1. The van der Waals surface area contributed by atoms with Crippen LogP contribution in [0.25, 0.3) is 0 Å². The van der Waals surface area contributed by atoms with Gasteiger partial charge < -0.3 is 9.84 Å². The molecule has 0 radical (unpaired) electrons. The van der Waals surface area contributed by atoms with Crippen molar-refractivity contribution < 1.29 is 9.84 Å². The number of aliphatic hydroxyl groups excluding tert-OH is 1. The molecule has 6 nitrogen and oxygen atoms in total.